The molecule has 0 aromatic rings. The second-order valence-corrected chi connectivity index (χ2v) is 5.96. The van der Waals surface area contributed by atoms with E-state index in [2.05, 4.69) is 5.32 Å². The van der Waals surface area contributed by atoms with E-state index >= 15 is 0 Å². The van der Waals surface area contributed by atoms with E-state index in [9.17, 15) is 13.2 Å². The fraction of sp³-hybridized carbons (Fsp3) is 0.875. The Balaban J connectivity index is 2.33. The number of carbonyl (C=O) groups is 1. The molecule has 0 spiro atoms. The first-order chi connectivity index (χ1) is 6.87. The predicted octanol–water partition coefficient (Wildman–Crippen LogP) is -0.154. The molecule has 0 aliphatic carbocycles. The molecule has 15 heavy (non-hydrogen) atoms. The van der Waals surface area contributed by atoms with Gasteiger partial charge in [0.25, 0.3) is 0 Å². The molecule has 0 aromatic heterocycles. The first-order valence-electron chi connectivity index (χ1n) is 4.65. The molecule has 1 fully saturated rings. The van der Waals surface area contributed by atoms with E-state index in [0.717, 1.165) is 6.26 Å². The molecule has 1 aliphatic heterocycles. The van der Waals surface area contributed by atoms with Crippen molar-refractivity contribution in [2.75, 3.05) is 18.6 Å². The minimum Gasteiger partial charge on any atom is -0.465 e. The summed E-state index contributed by atoms with van der Waals surface area (Å²) >= 11 is 0. The molecule has 1 amide bonds. The maximum Gasteiger partial charge on any atom is 0.404 e. The fourth-order valence-electron chi connectivity index (χ4n) is 1.56. The van der Waals surface area contributed by atoms with Gasteiger partial charge >= 0.3 is 6.09 Å². The SMILES string of the molecule is CS(=O)(=O)C[C@@H]1CC[C@@H](NC(=O)O)CO1. The summed E-state index contributed by atoms with van der Waals surface area (Å²) < 4.78 is 27.2. The van der Waals surface area contributed by atoms with Gasteiger partial charge in [-0.2, -0.15) is 0 Å². The van der Waals surface area contributed by atoms with E-state index < -0.39 is 15.9 Å². The van der Waals surface area contributed by atoms with Crippen molar-refractivity contribution < 1.29 is 23.1 Å². The minimum absolute atomic E-state index is 0.00674. The van der Waals surface area contributed by atoms with Crippen LogP contribution in [0.3, 0.4) is 0 Å². The summed E-state index contributed by atoms with van der Waals surface area (Å²) in [7, 11) is -3.03. The molecule has 0 radical (unpaired) electrons. The van der Waals surface area contributed by atoms with Crippen LogP contribution in [0.5, 0.6) is 0 Å². The van der Waals surface area contributed by atoms with Crippen molar-refractivity contribution >= 4 is 15.9 Å². The van der Waals surface area contributed by atoms with Gasteiger partial charge in [-0.05, 0) is 12.8 Å². The Morgan fingerprint density at radius 1 is 1.53 bits per heavy atom. The van der Waals surface area contributed by atoms with Crippen molar-refractivity contribution in [3.05, 3.63) is 0 Å². The minimum atomic E-state index is -3.03. The number of sulfone groups is 1. The maximum atomic E-state index is 11.0. The summed E-state index contributed by atoms with van der Waals surface area (Å²) in [5, 5.41) is 10.8. The highest BCUT2D eigenvalue weighted by Gasteiger charge is 2.25. The molecule has 0 saturated carbocycles. The third-order valence-electron chi connectivity index (χ3n) is 2.19. The molecule has 0 unspecified atom stereocenters. The third-order valence-corrected chi connectivity index (χ3v) is 3.16. The van der Waals surface area contributed by atoms with E-state index in [1.165, 1.54) is 0 Å². The monoisotopic (exact) mass is 237 g/mol. The quantitative estimate of drug-likeness (QED) is 0.712. The molecule has 2 atom stereocenters. The van der Waals surface area contributed by atoms with Crippen molar-refractivity contribution in [2.45, 2.75) is 25.0 Å². The lowest BCUT2D eigenvalue weighted by Crippen LogP contribution is -2.43. The van der Waals surface area contributed by atoms with Crippen molar-refractivity contribution in [1.82, 2.24) is 5.32 Å². The highest BCUT2D eigenvalue weighted by Crippen LogP contribution is 2.14. The zero-order valence-corrected chi connectivity index (χ0v) is 9.29. The average molecular weight is 237 g/mol. The maximum absolute atomic E-state index is 11.0. The van der Waals surface area contributed by atoms with Crippen LogP contribution in [0.1, 0.15) is 12.8 Å². The van der Waals surface area contributed by atoms with Gasteiger partial charge in [-0.3, -0.25) is 0 Å². The zero-order chi connectivity index (χ0) is 11.5. The molecule has 1 aliphatic rings. The fourth-order valence-corrected chi connectivity index (χ4v) is 2.50. The topological polar surface area (TPSA) is 92.7 Å². The first-order valence-corrected chi connectivity index (χ1v) is 6.71. The van der Waals surface area contributed by atoms with Crippen molar-refractivity contribution in [2.24, 2.45) is 0 Å². The van der Waals surface area contributed by atoms with Crippen molar-refractivity contribution in [3.8, 4) is 0 Å². The highest BCUT2D eigenvalue weighted by atomic mass is 32.2. The molecule has 1 saturated heterocycles. The van der Waals surface area contributed by atoms with Gasteiger partial charge in [0.15, 0.2) is 0 Å². The first kappa shape index (κ1) is 12.3. The van der Waals surface area contributed by atoms with E-state index in [1.807, 2.05) is 0 Å². The Hall–Kier alpha value is -0.820. The predicted molar refractivity (Wildman–Crippen MR) is 53.6 cm³/mol. The molecule has 6 nitrogen and oxygen atoms in total. The van der Waals surface area contributed by atoms with Gasteiger partial charge in [0, 0.05) is 6.26 Å². The molecule has 0 aromatic carbocycles. The second-order valence-electron chi connectivity index (χ2n) is 3.77. The van der Waals surface area contributed by atoms with Crippen molar-refractivity contribution in [1.29, 1.82) is 0 Å². The summed E-state index contributed by atoms with van der Waals surface area (Å²) in [6.07, 6.45) is 0.972. The lowest BCUT2D eigenvalue weighted by Gasteiger charge is -2.28. The molecular weight excluding hydrogens is 222 g/mol. The van der Waals surface area contributed by atoms with Crippen LogP contribution in [0.4, 0.5) is 4.79 Å². The third kappa shape index (κ3) is 4.98. The van der Waals surface area contributed by atoms with E-state index in [4.69, 9.17) is 9.84 Å². The van der Waals surface area contributed by atoms with Crippen LogP contribution in [-0.4, -0.2) is 50.4 Å². The van der Waals surface area contributed by atoms with Crippen LogP contribution in [0.2, 0.25) is 0 Å². The molecule has 2 N–H and O–H groups in total. The van der Waals surface area contributed by atoms with Gasteiger partial charge in [-0.1, -0.05) is 0 Å². The lowest BCUT2D eigenvalue weighted by molar-refractivity contribution is 0.0113. The largest absolute Gasteiger partial charge is 0.465 e. The van der Waals surface area contributed by atoms with Gasteiger partial charge < -0.3 is 15.2 Å². The Morgan fingerprint density at radius 3 is 2.60 bits per heavy atom. The van der Waals surface area contributed by atoms with Crippen LogP contribution in [0.15, 0.2) is 0 Å². The molecular formula is C8H15NO5S. The summed E-state index contributed by atoms with van der Waals surface area (Å²) in [5.74, 6) is 0.00674. The Bertz CT molecular complexity index is 318. The Morgan fingerprint density at radius 2 is 2.20 bits per heavy atom. The van der Waals surface area contributed by atoms with Gasteiger partial charge in [-0.15, -0.1) is 0 Å². The Kier molecular flexibility index (Phi) is 3.92. The van der Waals surface area contributed by atoms with Crippen LogP contribution in [0, 0.1) is 0 Å². The van der Waals surface area contributed by atoms with Gasteiger partial charge in [0.1, 0.15) is 9.84 Å². The van der Waals surface area contributed by atoms with Gasteiger partial charge in [0.05, 0.1) is 24.5 Å². The van der Waals surface area contributed by atoms with Gasteiger partial charge in [0.2, 0.25) is 0 Å². The van der Waals surface area contributed by atoms with Gasteiger partial charge in [-0.25, -0.2) is 13.2 Å². The Labute approximate surface area is 88.5 Å². The number of nitrogens with one attached hydrogen (secondary N) is 1. The molecule has 1 rings (SSSR count). The summed E-state index contributed by atoms with van der Waals surface area (Å²) in [4.78, 5) is 10.3. The van der Waals surface area contributed by atoms with Crippen LogP contribution >= 0.6 is 0 Å². The number of hydrogen-bond acceptors (Lipinski definition) is 4. The summed E-state index contributed by atoms with van der Waals surface area (Å²) in [6, 6.07) is -0.224. The zero-order valence-electron chi connectivity index (χ0n) is 8.47. The highest BCUT2D eigenvalue weighted by molar-refractivity contribution is 7.90. The average Bonchev–Trinajstić information content (AvgIpc) is 2.05. The molecule has 7 heteroatoms. The molecule has 0 bridgehead atoms. The number of ether oxygens (including phenoxy) is 1. The number of carboxylic acid groups (broad SMARTS) is 1. The molecule has 1 heterocycles. The number of amides is 1. The summed E-state index contributed by atoms with van der Waals surface area (Å²) in [6.45, 7) is 0.243. The van der Waals surface area contributed by atoms with Crippen molar-refractivity contribution in [3.63, 3.8) is 0 Å². The normalized spacial score (nSPS) is 27.3. The summed E-state index contributed by atoms with van der Waals surface area (Å²) in [5.41, 5.74) is 0. The standard InChI is InChI=1S/C8H15NO5S/c1-15(12,13)5-7-3-2-6(4-14-7)9-8(10)11/h6-7,9H,2-5H2,1H3,(H,10,11)/t6-,7+/m1/s1. The molecule has 88 valence electrons. The smallest absolute Gasteiger partial charge is 0.404 e. The van der Waals surface area contributed by atoms with E-state index in [-0.39, 0.29) is 24.5 Å². The second kappa shape index (κ2) is 4.80. The van der Waals surface area contributed by atoms with Crippen LogP contribution in [-0.2, 0) is 14.6 Å². The van der Waals surface area contributed by atoms with E-state index in [0.29, 0.717) is 12.8 Å². The number of hydrogen-bond donors (Lipinski definition) is 2. The lowest BCUT2D eigenvalue weighted by atomic mass is 10.1. The van der Waals surface area contributed by atoms with E-state index in [1.54, 1.807) is 0 Å². The van der Waals surface area contributed by atoms with Crippen LogP contribution in [0.25, 0.3) is 0 Å². The number of rotatable bonds is 3. The van der Waals surface area contributed by atoms with Crippen LogP contribution < -0.4 is 5.32 Å².